The fourth-order valence-electron chi connectivity index (χ4n) is 3.55. The predicted octanol–water partition coefficient (Wildman–Crippen LogP) is 1.87. The van der Waals surface area contributed by atoms with Crippen LogP contribution in [-0.4, -0.2) is 74.7 Å². The van der Waals surface area contributed by atoms with Crippen molar-refractivity contribution >= 4 is 22.1 Å². The molecule has 1 heterocycles. The molecule has 184 valence electrons. The second-order valence-corrected chi connectivity index (χ2v) is 9.16. The molecule has 2 amide bonds. The Morgan fingerprint density at radius 2 is 1.82 bits per heavy atom. The second-order valence-electron chi connectivity index (χ2n) is 7.51. The van der Waals surface area contributed by atoms with Gasteiger partial charge < -0.3 is 19.5 Å². The van der Waals surface area contributed by atoms with Gasteiger partial charge in [-0.15, -0.1) is 0 Å². The summed E-state index contributed by atoms with van der Waals surface area (Å²) in [6.45, 7) is -0.499. The third kappa shape index (κ3) is 5.95. The Morgan fingerprint density at radius 1 is 1.12 bits per heavy atom. The number of ether oxygens (including phenoxy) is 2. The summed E-state index contributed by atoms with van der Waals surface area (Å²) in [4.78, 5) is 31.7. The molecule has 12 heteroatoms. The van der Waals surface area contributed by atoms with Crippen LogP contribution in [0.3, 0.4) is 0 Å². The van der Waals surface area contributed by atoms with Gasteiger partial charge in [0.25, 0.3) is 16.0 Å². The molecule has 1 fully saturated rings. The van der Waals surface area contributed by atoms with Crippen molar-refractivity contribution in [2.45, 2.75) is 25.2 Å². The van der Waals surface area contributed by atoms with Crippen molar-refractivity contribution in [3.63, 3.8) is 0 Å². The quantitative estimate of drug-likeness (QED) is 0.282. The topological polar surface area (TPSA) is 132 Å². The third-order valence-corrected chi connectivity index (χ3v) is 5.81. The lowest BCUT2D eigenvalue weighted by Crippen LogP contribution is -2.72. The molecule has 2 aromatic rings. The molecule has 1 aliphatic heterocycles. The van der Waals surface area contributed by atoms with Crippen LogP contribution < -0.4 is 9.47 Å². The number of rotatable bonds is 11. The van der Waals surface area contributed by atoms with Gasteiger partial charge in [0.05, 0.1) is 33.1 Å². The summed E-state index contributed by atoms with van der Waals surface area (Å²) < 4.78 is 38.7. The number of likely N-dealkylation sites (tertiary alicyclic amines) is 1. The Hall–Kier alpha value is -3.35. The minimum atomic E-state index is -3.84. The second kappa shape index (κ2) is 10.7. The van der Waals surface area contributed by atoms with E-state index in [0.29, 0.717) is 27.7 Å². The summed E-state index contributed by atoms with van der Waals surface area (Å²) in [6.07, 6.45) is -0.611. The molecule has 0 spiro atoms. The van der Waals surface area contributed by atoms with Gasteiger partial charge in [-0.3, -0.25) is 13.8 Å². The van der Waals surface area contributed by atoms with Gasteiger partial charge in [-0.2, -0.15) is 13.5 Å². The number of benzene rings is 2. The molecule has 1 saturated heterocycles. The van der Waals surface area contributed by atoms with E-state index in [4.69, 9.17) is 18.5 Å². The fraction of sp³-hybridized carbons (Fsp3) is 0.364. The average Bonchev–Trinajstić information content (AvgIpc) is 2.81. The Kier molecular flexibility index (Phi) is 7.97. The molecular formula is C22H26N2O9S. The van der Waals surface area contributed by atoms with E-state index < -0.39 is 40.8 Å². The zero-order valence-electron chi connectivity index (χ0n) is 18.9. The van der Waals surface area contributed by atoms with Crippen LogP contribution in [0.25, 0.3) is 0 Å². The minimum absolute atomic E-state index is 0.0342. The lowest BCUT2D eigenvalue weighted by atomic mass is 9.94. The number of amides is 2. The molecule has 2 aromatic carbocycles. The number of carboxylic acid groups (broad SMARTS) is 1. The van der Waals surface area contributed by atoms with Crippen LogP contribution in [0, 0.1) is 0 Å². The maximum Gasteiger partial charge on any atom is 0.432 e. The van der Waals surface area contributed by atoms with Crippen molar-refractivity contribution in [3.8, 4) is 11.5 Å². The lowest BCUT2D eigenvalue weighted by Gasteiger charge is -2.49. The van der Waals surface area contributed by atoms with Crippen LogP contribution >= 0.6 is 0 Å². The van der Waals surface area contributed by atoms with Crippen LogP contribution in [0.5, 0.6) is 11.5 Å². The van der Waals surface area contributed by atoms with E-state index in [-0.39, 0.29) is 13.2 Å². The zero-order valence-corrected chi connectivity index (χ0v) is 19.7. The van der Waals surface area contributed by atoms with Gasteiger partial charge in [-0.25, -0.2) is 4.79 Å². The van der Waals surface area contributed by atoms with Crippen molar-refractivity contribution in [2.75, 3.05) is 27.1 Å². The molecule has 0 unspecified atom stereocenters. The molecule has 1 aliphatic rings. The smallest absolute Gasteiger partial charge is 0.432 e. The standard InChI is InChI=1S/C22H26N2O9S/c1-30-17-10-9-16(19(11-17)31-2)12-23-18(14-33-34(3,28)29)20(21(23)25)24(22(26)27)32-13-15-7-5-4-6-8-15/h4-11,18,20H,12-14H2,1-3H3,(H,26,27)/t18-,20+/m0/s1. The summed E-state index contributed by atoms with van der Waals surface area (Å²) in [7, 11) is -0.870. The number of hydroxylamine groups is 2. The van der Waals surface area contributed by atoms with Gasteiger partial charge in [-0.1, -0.05) is 30.3 Å². The van der Waals surface area contributed by atoms with Gasteiger partial charge in [0.2, 0.25) is 0 Å². The molecule has 2 atom stereocenters. The fourth-order valence-corrected chi connectivity index (χ4v) is 3.94. The Morgan fingerprint density at radius 3 is 2.41 bits per heavy atom. The number of hydrogen-bond acceptors (Lipinski definition) is 8. The van der Waals surface area contributed by atoms with Gasteiger partial charge in [-0.05, 0) is 17.7 Å². The highest BCUT2D eigenvalue weighted by Crippen LogP contribution is 2.32. The van der Waals surface area contributed by atoms with Gasteiger partial charge in [0.15, 0.2) is 6.04 Å². The molecule has 34 heavy (non-hydrogen) atoms. The first-order valence-corrected chi connectivity index (χ1v) is 12.0. The Balaban J connectivity index is 1.83. The van der Waals surface area contributed by atoms with Crippen molar-refractivity contribution in [3.05, 3.63) is 59.7 Å². The van der Waals surface area contributed by atoms with Gasteiger partial charge >= 0.3 is 6.09 Å². The van der Waals surface area contributed by atoms with E-state index in [1.165, 1.54) is 19.1 Å². The van der Waals surface area contributed by atoms with Crippen LogP contribution in [0.2, 0.25) is 0 Å². The number of methoxy groups -OCH3 is 2. The predicted molar refractivity (Wildman–Crippen MR) is 120 cm³/mol. The average molecular weight is 495 g/mol. The molecule has 11 nitrogen and oxygen atoms in total. The largest absolute Gasteiger partial charge is 0.497 e. The monoisotopic (exact) mass is 494 g/mol. The molecule has 3 rings (SSSR count). The van der Waals surface area contributed by atoms with Crippen LogP contribution in [-0.2, 0) is 37.1 Å². The van der Waals surface area contributed by atoms with Crippen molar-refractivity contribution < 1.29 is 41.6 Å². The summed E-state index contributed by atoms with van der Waals surface area (Å²) in [6, 6.07) is 11.7. The lowest BCUT2D eigenvalue weighted by molar-refractivity contribution is -0.216. The first-order valence-electron chi connectivity index (χ1n) is 10.2. The molecular weight excluding hydrogens is 468 g/mol. The SMILES string of the molecule is COc1ccc(CN2C(=O)[C@H](N(OCc3ccccc3)C(=O)O)[C@@H]2COS(C)(=O)=O)c(OC)c1. The van der Waals surface area contributed by atoms with Crippen LogP contribution in [0.15, 0.2) is 48.5 Å². The number of carbonyl (C=O) groups excluding carboxylic acids is 1. The van der Waals surface area contributed by atoms with Crippen molar-refractivity contribution in [1.82, 2.24) is 9.96 Å². The molecule has 0 saturated carbocycles. The maximum absolute atomic E-state index is 13.1. The summed E-state index contributed by atoms with van der Waals surface area (Å²) in [5, 5.41) is 10.3. The van der Waals surface area contributed by atoms with Crippen molar-refractivity contribution in [2.24, 2.45) is 0 Å². The molecule has 0 radical (unpaired) electrons. The molecule has 0 aliphatic carbocycles. The molecule has 1 N–H and O–H groups in total. The number of nitrogens with zero attached hydrogens (tertiary/aromatic N) is 2. The minimum Gasteiger partial charge on any atom is -0.497 e. The highest BCUT2D eigenvalue weighted by Gasteiger charge is 2.53. The number of carbonyl (C=O) groups is 2. The first kappa shape index (κ1) is 25.3. The summed E-state index contributed by atoms with van der Waals surface area (Å²) in [5.74, 6) is 0.445. The zero-order chi connectivity index (χ0) is 24.9. The van der Waals surface area contributed by atoms with Gasteiger partial charge in [0, 0.05) is 18.2 Å². The highest BCUT2D eigenvalue weighted by atomic mass is 32.2. The Labute approximate surface area is 197 Å². The van der Waals surface area contributed by atoms with Gasteiger partial charge in [0.1, 0.15) is 18.1 Å². The van der Waals surface area contributed by atoms with Crippen molar-refractivity contribution in [1.29, 1.82) is 0 Å². The summed E-state index contributed by atoms with van der Waals surface area (Å²) >= 11 is 0. The van der Waals surface area contributed by atoms with E-state index in [1.54, 1.807) is 48.5 Å². The van der Waals surface area contributed by atoms with E-state index in [1.807, 2.05) is 0 Å². The van der Waals surface area contributed by atoms with E-state index in [2.05, 4.69) is 0 Å². The maximum atomic E-state index is 13.1. The van der Waals surface area contributed by atoms with E-state index in [9.17, 15) is 23.1 Å². The Bertz CT molecular complexity index is 1120. The third-order valence-electron chi connectivity index (χ3n) is 5.24. The van der Waals surface area contributed by atoms with E-state index in [0.717, 1.165) is 6.26 Å². The highest BCUT2D eigenvalue weighted by molar-refractivity contribution is 7.85. The van der Waals surface area contributed by atoms with E-state index >= 15 is 0 Å². The molecule has 0 aromatic heterocycles. The van der Waals surface area contributed by atoms with Crippen LogP contribution in [0.1, 0.15) is 11.1 Å². The normalized spacial score (nSPS) is 17.7. The number of hydrogen-bond donors (Lipinski definition) is 1. The molecule has 0 bridgehead atoms. The first-order chi connectivity index (χ1) is 16.1. The number of β-lactam (4-membered cyclic amide) rings is 1. The van der Waals surface area contributed by atoms with Crippen LogP contribution in [0.4, 0.5) is 4.79 Å². The summed E-state index contributed by atoms with van der Waals surface area (Å²) in [5.41, 5.74) is 1.32.